The van der Waals surface area contributed by atoms with E-state index < -0.39 is 0 Å². The molecule has 0 radical (unpaired) electrons. The van der Waals surface area contributed by atoms with Crippen molar-refractivity contribution in [2.24, 2.45) is 0 Å². The SMILES string of the molecule is Clc1ccc(OCCCCCN2CCCCC2)c(Cl)c1. The van der Waals surface area contributed by atoms with E-state index in [2.05, 4.69) is 4.90 Å². The number of unbranched alkanes of at least 4 members (excludes halogenated alkanes) is 2. The summed E-state index contributed by atoms with van der Waals surface area (Å²) < 4.78 is 5.68. The molecular weight excluding hydrogens is 293 g/mol. The van der Waals surface area contributed by atoms with E-state index in [1.54, 1.807) is 12.1 Å². The van der Waals surface area contributed by atoms with Crippen molar-refractivity contribution >= 4 is 23.2 Å². The number of halogens is 2. The third-order valence-corrected chi connectivity index (χ3v) is 4.25. The Kier molecular flexibility index (Phi) is 6.98. The second-order valence-electron chi connectivity index (χ2n) is 5.39. The van der Waals surface area contributed by atoms with Crippen molar-refractivity contribution in [2.75, 3.05) is 26.2 Å². The molecule has 0 saturated carbocycles. The fourth-order valence-corrected chi connectivity index (χ4v) is 3.03. The Morgan fingerprint density at radius 1 is 1.00 bits per heavy atom. The predicted molar refractivity (Wildman–Crippen MR) is 86.1 cm³/mol. The molecule has 1 aliphatic rings. The van der Waals surface area contributed by atoms with Gasteiger partial charge in [0.1, 0.15) is 5.75 Å². The van der Waals surface area contributed by atoms with Gasteiger partial charge in [0.2, 0.25) is 0 Å². The highest BCUT2D eigenvalue weighted by Crippen LogP contribution is 2.27. The summed E-state index contributed by atoms with van der Waals surface area (Å²) in [5.74, 6) is 0.729. The molecule has 2 nitrogen and oxygen atoms in total. The van der Waals surface area contributed by atoms with Crippen LogP contribution in [0.3, 0.4) is 0 Å². The van der Waals surface area contributed by atoms with Crippen molar-refractivity contribution < 1.29 is 4.74 Å². The highest BCUT2D eigenvalue weighted by molar-refractivity contribution is 6.35. The van der Waals surface area contributed by atoms with E-state index in [9.17, 15) is 0 Å². The smallest absolute Gasteiger partial charge is 0.137 e. The maximum atomic E-state index is 6.06. The van der Waals surface area contributed by atoms with E-state index in [0.29, 0.717) is 10.0 Å². The third kappa shape index (κ3) is 5.51. The van der Waals surface area contributed by atoms with Crippen LogP contribution in [-0.2, 0) is 0 Å². The highest BCUT2D eigenvalue weighted by Gasteiger charge is 2.08. The number of hydrogen-bond donors (Lipinski definition) is 0. The minimum atomic E-state index is 0.589. The molecule has 1 aliphatic heterocycles. The number of ether oxygens (including phenoxy) is 1. The highest BCUT2D eigenvalue weighted by atomic mass is 35.5. The van der Waals surface area contributed by atoms with Crippen LogP contribution in [0.5, 0.6) is 5.75 Å². The maximum Gasteiger partial charge on any atom is 0.137 e. The van der Waals surface area contributed by atoms with Gasteiger partial charge in [-0.25, -0.2) is 0 Å². The van der Waals surface area contributed by atoms with Crippen LogP contribution in [0.25, 0.3) is 0 Å². The average Bonchev–Trinajstić information content (AvgIpc) is 2.46. The van der Waals surface area contributed by atoms with Gasteiger partial charge in [-0.05, 0) is 69.9 Å². The van der Waals surface area contributed by atoms with Crippen LogP contribution in [0.2, 0.25) is 10.0 Å². The Labute approximate surface area is 132 Å². The van der Waals surface area contributed by atoms with Crippen LogP contribution in [0.4, 0.5) is 0 Å². The molecule has 0 amide bonds. The van der Waals surface area contributed by atoms with Gasteiger partial charge in [-0.3, -0.25) is 0 Å². The van der Waals surface area contributed by atoms with Crippen molar-refractivity contribution in [2.45, 2.75) is 38.5 Å². The van der Waals surface area contributed by atoms with Crippen LogP contribution in [0.1, 0.15) is 38.5 Å². The summed E-state index contributed by atoms with van der Waals surface area (Å²) in [5, 5.41) is 1.23. The molecule has 1 fully saturated rings. The van der Waals surface area contributed by atoms with Crippen LogP contribution < -0.4 is 4.74 Å². The molecule has 2 rings (SSSR count). The summed E-state index contributed by atoms with van der Waals surface area (Å²) in [6.07, 6.45) is 7.70. The number of benzene rings is 1. The molecule has 112 valence electrons. The fraction of sp³-hybridized carbons (Fsp3) is 0.625. The first-order valence-electron chi connectivity index (χ1n) is 7.56. The van der Waals surface area contributed by atoms with E-state index in [4.69, 9.17) is 27.9 Å². The Bertz CT molecular complexity index is 405. The maximum absolute atomic E-state index is 6.06. The Morgan fingerprint density at radius 3 is 2.55 bits per heavy atom. The summed E-state index contributed by atoms with van der Waals surface area (Å²) in [5.41, 5.74) is 0. The van der Waals surface area contributed by atoms with Crippen LogP contribution in [0.15, 0.2) is 18.2 Å². The standard InChI is InChI=1S/C16H23Cl2NO/c17-14-7-8-16(15(18)13-14)20-12-6-2-5-11-19-9-3-1-4-10-19/h7-8,13H,1-6,9-12H2. The van der Waals surface area contributed by atoms with E-state index >= 15 is 0 Å². The molecule has 1 saturated heterocycles. The number of rotatable bonds is 7. The lowest BCUT2D eigenvalue weighted by Crippen LogP contribution is -2.30. The number of nitrogens with zero attached hydrogens (tertiary/aromatic N) is 1. The van der Waals surface area contributed by atoms with Gasteiger partial charge in [-0.2, -0.15) is 0 Å². The number of hydrogen-bond acceptors (Lipinski definition) is 2. The second-order valence-corrected chi connectivity index (χ2v) is 6.23. The number of piperidine rings is 1. The Hall–Kier alpha value is -0.440. The first-order chi connectivity index (χ1) is 9.75. The normalized spacial score (nSPS) is 16.3. The minimum absolute atomic E-state index is 0.589. The van der Waals surface area contributed by atoms with Gasteiger partial charge in [0.25, 0.3) is 0 Å². The van der Waals surface area contributed by atoms with E-state index in [1.807, 2.05) is 6.07 Å². The first kappa shape index (κ1) is 15.9. The second kappa shape index (κ2) is 8.76. The summed E-state index contributed by atoms with van der Waals surface area (Å²) >= 11 is 11.9. The summed E-state index contributed by atoms with van der Waals surface area (Å²) in [4.78, 5) is 2.58. The molecule has 0 unspecified atom stereocenters. The zero-order valence-corrected chi connectivity index (χ0v) is 13.4. The van der Waals surface area contributed by atoms with Crippen LogP contribution >= 0.6 is 23.2 Å². The van der Waals surface area contributed by atoms with Crippen molar-refractivity contribution in [1.29, 1.82) is 0 Å². The van der Waals surface area contributed by atoms with Crippen LogP contribution in [0, 0.1) is 0 Å². The zero-order chi connectivity index (χ0) is 14.2. The molecule has 1 aromatic carbocycles. The lowest BCUT2D eigenvalue weighted by molar-refractivity contribution is 0.221. The van der Waals surface area contributed by atoms with Gasteiger partial charge in [0.05, 0.1) is 11.6 Å². The van der Waals surface area contributed by atoms with E-state index in [0.717, 1.165) is 18.8 Å². The molecular formula is C16H23Cl2NO. The van der Waals surface area contributed by atoms with E-state index in [-0.39, 0.29) is 0 Å². The molecule has 1 heterocycles. The topological polar surface area (TPSA) is 12.5 Å². The molecule has 0 spiro atoms. The van der Waals surface area contributed by atoms with E-state index in [1.165, 1.54) is 51.7 Å². The summed E-state index contributed by atoms with van der Waals surface area (Å²) in [7, 11) is 0. The summed E-state index contributed by atoms with van der Waals surface area (Å²) in [6, 6.07) is 5.35. The molecule has 1 aromatic rings. The lowest BCUT2D eigenvalue weighted by Gasteiger charge is -2.26. The minimum Gasteiger partial charge on any atom is -0.492 e. The predicted octanol–water partition coefficient (Wildman–Crippen LogP) is 5.03. The largest absolute Gasteiger partial charge is 0.492 e. The van der Waals surface area contributed by atoms with Gasteiger partial charge in [-0.1, -0.05) is 29.6 Å². The zero-order valence-electron chi connectivity index (χ0n) is 11.9. The fourth-order valence-electron chi connectivity index (χ4n) is 2.57. The van der Waals surface area contributed by atoms with Crippen molar-refractivity contribution in [3.8, 4) is 5.75 Å². The van der Waals surface area contributed by atoms with Gasteiger partial charge in [0.15, 0.2) is 0 Å². The molecule has 20 heavy (non-hydrogen) atoms. The monoisotopic (exact) mass is 315 g/mol. The van der Waals surface area contributed by atoms with Crippen molar-refractivity contribution in [3.05, 3.63) is 28.2 Å². The number of likely N-dealkylation sites (tertiary alicyclic amines) is 1. The quantitative estimate of drug-likeness (QED) is 0.654. The first-order valence-corrected chi connectivity index (χ1v) is 8.31. The van der Waals surface area contributed by atoms with Crippen molar-refractivity contribution in [3.63, 3.8) is 0 Å². The molecule has 0 N–H and O–H groups in total. The Morgan fingerprint density at radius 2 is 1.80 bits per heavy atom. The van der Waals surface area contributed by atoms with Crippen molar-refractivity contribution in [1.82, 2.24) is 4.90 Å². The van der Waals surface area contributed by atoms with Gasteiger partial charge >= 0.3 is 0 Å². The molecule has 0 bridgehead atoms. The molecule has 0 aromatic heterocycles. The third-order valence-electron chi connectivity index (χ3n) is 3.72. The van der Waals surface area contributed by atoms with Gasteiger partial charge < -0.3 is 9.64 Å². The molecule has 0 atom stereocenters. The Balaban J connectivity index is 1.55. The van der Waals surface area contributed by atoms with Gasteiger partial charge in [0, 0.05) is 5.02 Å². The van der Waals surface area contributed by atoms with Gasteiger partial charge in [-0.15, -0.1) is 0 Å². The summed E-state index contributed by atoms with van der Waals surface area (Å²) in [6.45, 7) is 4.54. The van der Waals surface area contributed by atoms with Crippen LogP contribution in [-0.4, -0.2) is 31.1 Å². The lowest BCUT2D eigenvalue weighted by atomic mass is 10.1. The molecule has 0 aliphatic carbocycles. The average molecular weight is 316 g/mol. The molecule has 4 heteroatoms.